The number of alkyl halides is 2. The van der Waals surface area contributed by atoms with Crippen LogP contribution in [0.15, 0.2) is 23.3 Å². The van der Waals surface area contributed by atoms with Crippen LogP contribution in [0.1, 0.15) is 29.3 Å². The zero-order valence-electron chi connectivity index (χ0n) is 11.8. The normalized spacial score (nSPS) is 21.2. The third-order valence-electron chi connectivity index (χ3n) is 3.34. The summed E-state index contributed by atoms with van der Waals surface area (Å²) < 4.78 is 26.1. The number of aliphatic hydroxyl groups is 1. The molecule has 1 heterocycles. The summed E-state index contributed by atoms with van der Waals surface area (Å²) in [7, 11) is 0. The van der Waals surface area contributed by atoms with Crippen LogP contribution in [-0.4, -0.2) is 38.8 Å². The van der Waals surface area contributed by atoms with E-state index in [1.54, 1.807) is 0 Å². The highest BCUT2D eigenvalue weighted by atomic mass is 19.3. The molecule has 1 aromatic rings. The van der Waals surface area contributed by atoms with Crippen molar-refractivity contribution in [1.29, 1.82) is 0 Å². The SMILES string of the molecule is CC1=NN(C(=O)c2ccc([N+](=O)[O-])c(C)c2)[C@@](O)(C(F)F)C1. The number of nitrogens with zero attached hydrogens (tertiary/aromatic N) is 3. The second kappa shape index (κ2) is 5.41. The molecule has 1 N–H and O–H groups in total. The molecule has 9 heteroatoms. The van der Waals surface area contributed by atoms with Gasteiger partial charge in [0.05, 0.1) is 4.92 Å². The summed E-state index contributed by atoms with van der Waals surface area (Å²) in [6, 6.07) is 3.45. The molecule has 0 bridgehead atoms. The monoisotopic (exact) mass is 313 g/mol. The summed E-state index contributed by atoms with van der Waals surface area (Å²) in [5.41, 5.74) is -2.56. The molecule has 0 fully saturated rings. The van der Waals surface area contributed by atoms with Crippen LogP contribution < -0.4 is 0 Å². The van der Waals surface area contributed by atoms with Gasteiger partial charge in [-0.25, -0.2) is 8.78 Å². The molecule has 0 saturated carbocycles. The molecule has 0 radical (unpaired) electrons. The van der Waals surface area contributed by atoms with Crippen molar-refractivity contribution in [2.45, 2.75) is 32.4 Å². The number of aryl methyl sites for hydroxylation is 1. The van der Waals surface area contributed by atoms with Gasteiger partial charge < -0.3 is 5.11 Å². The number of carbonyl (C=O) groups excluding carboxylic acids is 1. The lowest BCUT2D eigenvalue weighted by Gasteiger charge is -2.30. The molecule has 0 unspecified atom stereocenters. The molecule has 0 aliphatic carbocycles. The van der Waals surface area contributed by atoms with E-state index >= 15 is 0 Å². The van der Waals surface area contributed by atoms with Crippen LogP contribution in [0.5, 0.6) is 0 Å². The first-order valence-corrected chi connectivity index (χ1v) is 6.31. The van der Waals surface area contributed by atoms with Crippen molar-refractivity contribution in [3.63, 3.8) is 0 Å². The Bertz CT molecular complexity index is 677. The summed E-state index contributed by atoms with van der Waals surface area (Å²) in [5.74, 6) is -0.947. The smallest absolute Gasteiger partial charge is 0.287 e. The van der Waals surface area contributed by atoms with Crippen molar-refractivity contribution in [1.82, 2.24) is 5.01 Å². The lowest BCUT2D eigenvalue weighted by molar-refractivity contribution is -0.385. The molecular formula is C13H13F2N3O4. The quantitative estimate of drug-likeness (QED) is 0.682. The van der Waals surface area contributed by atoms with Crippen LogP contribution in [0.4, 0.5) is 14.5 Å². The van der Waals surface area contributed by atoms with Crippen LogP contribution in [0.3, 0.4) is 0 Å². The number of nitro groups is 1. The third kappa shape index (κ3) is 2.54. The van der Waals surface area contributed by atoms with Gasteiger partial charge in [-0.2, -0.15) is 10.1 Å². The number of nitro benzene ring substituents is 1. The minimum atomic E-state index is -3.20. The number of rotatable bonds is 3. The predicted molar refractivity (Wildman–Crippen MR) is 72.7 cm³/mol. The molecule has 1 aromatic carbocycles. The minimum Gasteiger partial charge on any atom is -0.364 e. The van der Waals surface area contributed by atoms with Gasteiger partial charge in [-0.15, -0.1) is 0 Å². The summed E-state index contributed by atoms with van der Waals surface area (Å²) in [4.78, 5) is 22.4. The second-order valence-corrected chi connectivity index (χ2v) is 5.07. The number of halogens is 2. The Kier molecular flexibility index (Phi) is 3.92. The van der Waals surface area contributed by atoms with Gasteiger partial charge in [0.2, 0.25) is 5.72 Å². The van der Waals surface area contributed by atoms with E-state index in [4.69, 9.17) is 0 Å². The molecule has 0 spiro atoms. The van der Waals surface area contributed by atoms with Crippen molar-refractivity contribution >= 4 is 17.3 Å². The summed E-state index contributed by atoms with van der Waals surface area (Å²) in [6.45, 7) is 2.84. The fraction of sp³-hybridized carbons (Fsp3) is 0.385. The van der Waals surface area contributed by atoms with Crippen LogP contribution in [0.2, 0.25) is 0 Å². The first-order valence-electron chi connectivity index (χ1n) is 6.31. The largest absolute Gasteiger partial charge is 0.364 e. The van der Waals surface area contributed by atoms with E-state index in [1.165, 1.54) is 19.9 Å². The van der Waals surface area contributed by atoms with Crippen molar-refractivity contribution in [2.24, 2.45) is 5.10 Å². The van der Waals surface area contributed by atoms with Gasteiger partial charge in [0, 0.05) is 29.3 Å². The van der Waals surface area contributed by atoms with Gasteiger partial charge in [0.15, 0.2) is 0 Å². The number of hydrogen-bond acceptors (Lipinski definition) is 5. The Hall–Kier alpha value is -2.42. The Morgan fingerprint density at radius 1 is 1.50 bits per heavy atom. The molecule has 1 atom stereocenters. The Morgan fingerprint density at radius 3 is 2.64 bits per heavy atom. The summed E-state index contributed by atoms with van der Waals surface area (Å²) >= 11 is 0. The Balaban J connectivity index is 2.39. The maximum atomic E-state index is 13.1. The number of carbonyl (C=O) groups is 1. The highest BCUT2D eigenvalue weighted by Crippen LogP contribution is 2.33. The Labute approximate surface area is 124 Å². The molecule has 1 aliphatic rings. The van der Waals surface area contributed by atoms with E-state index in [0.717, 1.165) is 12.1 Å². The number of benzene rings is 1. The van der Waals surface area contributed by atoms with Crippen LogP contribution in [-0.2, 0) is 0 Å². The zero-order valence-corrected chi connectivity index (χ0v) is 11.8. The zero-order chi connectivity index (χ0) is 16.7. The minimum absolute atomic E-state index is 0.0689. The molecule has 7 nitrogen and oxygen atoms in total. The van der Waals surface area contributed by atoms with Gasteiger partial charge in [0.1, 0.15) is 0 Å². The molecule has 1 aliphatic heterocycles. The van der Waals surface area contributed by atoms with E-state index in [9.17, 15) is 28.8 Å². The Morgan fingerprint density at radius 2 is 2.14 bits per heavy atom. The van der Waals surface area contributed by atoms with Gasteiger partial charge in [-0.1, -0.05) is 0 Å². The molecule has 1 amide bonds. The number of amides is 1. The van der Waals surface area contributed by atoms with Crippen molar-refractivity contribution in [3.05, 3.63) is 39.4 Å². The van der Waals surface area contributed by atoms with E-state index < -0.39 is 29.4 Å². The van der Waals surface area contributed by atoms with Crippen LogP contribution in [0.25, 0.3) is 0 Å². The summed E-state index contributed by atoms with van der Waals surface area (Å²) in [5, 5.41) is 24.7. The lowest BCUT2D eigenvalue weighted by atomic mass is 10.1. The average Bonchev–Trinajstić information content (AvgIpc) is 2.74. The molecule has 118 valence electrons. The average molecular weight is 313 g/mol. The lowest BCUT2D eigenvalue weighted by Crippen LogP contribution is -2.51. The summed E-state index contributed by atoms with van der Waals surface area (Å²) in [6.07, 6.45) is -3.65. The molecule has 22 heavy (non-hydrogen) atoms. The molecule has 0 aromatic heterocycles. The first-order chi connectivity index (χ1) is 10.2. The van der Waals surface area contributed by atoms with Crippen molar-refractivity contribution in [2.75, 3.05) is 0 Å². The maximum absolute atomic E-state index is 13.1. The maximum Gasteiger partial charge on any atom is 0.287 e. The van der Waals surface area contributed by atoms with E-state index in [1.807, 2.05) is 0 Å². The molecule has 0 saturated heterocycles. The fourth-order valence-electron chi connectivity index (χ4n) is 2.25. The van der Waals surface area contributed by atoms with Gasteiger partial charge in [-0.3, -0.25) is 14.9 Å². The highest BCUT2D eigenvalue weighted by molar-refractivity contribution is 5.98. The fourth-order valence-corrected chi connectivity index (χ4v) is 2.25. The van der Waals surface area contributed by atoms with Gasteiger partial charge in [0.25, 0.3) is 18.0 Å². The second-order valence-electron chi connectivity index (χ2n) is 5.07. The van der Waals surface area contributed by atoms with Crippen LogP contribution in [0, 0.1) is 17.0 Å². The molecular weight excluding hydrogens is 300 g/mol. The predicted octanol–water partition coefficient (Wildman–Crippen LogP) is 2.08. The standard InChI is InChI=1S/C13H13F2N3O4/c1-7-5-9(3-4-10(7)18(21)22)11(19)17-13(20,12(14)15)6-8(2)16-17/h3-5,12,20H,6H2,1-2H3/t13-/m0/s1. The highest BCUT2D eigenvalue weighted by Gasteiger charge is 2.51. The van der Waals surface area contributed by atoms with Gasteiger partial charge >= 0.3 is 0 Å². The van der Waals surface area contributed by atoms with E-state index in [0.29, 0.717) is 5.01 Å². The first kappa shape index (κ1) is 16.0. The van der Waals surface area contributed by atoms with Crippen LogP contribution >= 0.6 is 0 Å². The van der Waals surface area contributed by atoms with Crippen molar-refractivity contribution in [3.8, 4) is 0 Å². The van der Waals surface area contributed by atoms with Gasteiger partial charge in [-0.05, 0) is 26.0 Å². The topological polar surface area (TPSA) is 96.0 Å². The van der Waals surface area contributed by atoms with E-state index in [-0.39, 0.29) is 22.5 Å². The number of hydrogen-bond donors (Lipinski definition) is 1. The van der Waals surface area contributed by atoms with Crippen molar-refractivity contribution < 1.29 is 23.6 Å². The molecule has 2 rings (SSSR count). The number of hydrazone groups is 1. The third-order valence-corrected chi connectivity index (χ3v) is 3.34. The van der Waals surface area contributed by atoms with E-state index in [2.05, 4.69) is 5.10 Å².